The predicted octanol–water partition coefficient (Wildman–Crippen LogP) is 3.04. The maximum Gasteiger partial charge on any atom is 0.188 e. The third-order valence-corrected chi connectivity index (χ3v) is 5.23. The molecule has 0 radical (unpaired) electrons. The monoisotopic (exact) mass is 374 g/mol. The van der Waals surface area contributed by atoms with E-state index in [2.05, 4.69) is 15.3 Å². The average molecular weight is 374 g/mol. The zero-order chi connectivity index (χ0) is 18.0. The Kier molecular flexibility index (Phi) is 5.24. The molecule has 1 unspecified atom stereocenters. The van der Waals surface area contributed by atoms with Crippen molar-refractivity contribution in [1.82, 2.24) is 9.97 Å². The summed E-state index contributed by atoms with van der Waals surface area (Å²) < 4.78 is 11.2. The van der Waals surface area contributed by atoms with Crippen LogP contribution in [0, 0.1) is 13.8 Å². The van der Waals surface area contributed by atoms with Gasteiger partial charge in [-0.1, -0.05) is 11.3 Å². The van der Waals surface area contributed by atoms with Gasteiger partial charge in [-0.15, -0.1) is 0 Å². The van der Waals surface area contributed by atoms with Crippen molar-refractivity contribution < 1.29 is 9.32 Å². The second kappa shape index (κ2) is 7.40. The summed E-state index contributed by atoms with van der Waals surface area (Å²) in [4.78, 5) is 10.3. The van der Waals surface area contributed by atoms with Gasteiger partial charge in [-0.05, 0) is 50.2 Å². The lowest BCUT2D eigenvalue weighted by Gasteiger charge is -2.04. The van der Waals surface area contributed by atoms with Crippen molar-refractivity contribution in [1.29, 1.82) is 0 Å². The van der Waals surface area contributed by atoms with E-state index < -0.39 is 11.0 Å². The number of aryl methyl sites for hydroxylation is 2. The number of nitrogens with two attached hydrogens (primary N) is 1. The Balaban J connectivity index is 1.91. The molecule has 1 atom stereocenters. The van der Waals surface area contributed by atoms with Crippen LogP contribution >= 0.6 is 11.3 Å². The van der Waals surface area contributed by atoms with Gasteiger partial charge in [0.05, 0.1) is 22.1 Å². The summed E-state index contributed by atoms with van der Waals surface area (Å²) in [7, 11) is -1.49. The average Bonchev–Trinajstić information content (AvgIpc) is 2.97. The number of thiazole rings is 1. The van der Waals surface area contributed by atoms with Crippen LogP contribution in [0.3, 0.4) is 0 Å². The van der Waals surface area contributed by atoms with Crippen LogP contribution in [0.5, 0.6) is 0 Å². The van der Waals surface area contributed by atoms with Crippen molar-refractivity contribution in [3.8, 4) is 11.3 Å². The summed E-state index contributed by atoms with van der Waals surface area (Å²) in [5, 5.41) is 18.9. The normalized spacial score (nSPS) is 12.2. The van der Waals surface area contributed by atoms with Crippen molar-refractivity contribution >= 4 is 33.1 Å². The van der Waals surface area contributed by atoms with Crippen LogP contribution in [-0.2, 0) is 17.6 Å². The topological polar surface area (TPSA) is 101 Å². The molecule has 25 heavy (non-hydrogen) atoms. The summed E-state index contributed by atoms with van der Waals surface area (Å²) in [5.41, 5.74) is 4.31. The first-order valence-electron chi connectivity index (χ1n) is 7.56. The molecule has 6 nitrogen and oxygen atoms in total. The molecule has 0 aliphatic heterocycles. The fourth-order valence-electron chi connectivity index (χ4n) is 2.50. The lowest BCUT2D eigenvalue weighted by atomic mass is 10.1. The molecular weight excluding hydrogens is 356 g/mol. The molecule has 0 aliphatic carbocycles. The Morgan fingerprint density at radius 3 is 2.36 bits per heavy atom. The van der Waals surface area contributed by atoms with Gasteiger partial charge in [0, 0.05) is 22.6 Å². The van der Waals surface area contributed by atoms with E-state index in [1.54, 1.807) is 24.3 Å². The SMILES string of the molecule is Cc1cc(-c2nc(Nc3ccc(S(N)=O)cc3)sc2CO)cc(C)n1. The lowest BCUT2D eigenvalue weighted by Crippen LogP contribution is -2.02. The summed E-state index contributed by atoms with van der Waals surface area (Å²) in [6.45, 7) is 3.79. The number of aliphatic hydroxyl groups is 1. The molecule has 0 amide bonds. The summed E-state index contributed by atoms with van der Waals surface area (Å²) in [6, 6.07) is 10.9. The van der Waals surface area contributed by atoms with E-state index in [0.29, 0.717) is 10.0 Å². The van der Waals surface area contributed by atoms with Crippen molar-refractivity contribution in [3.05, 3.63) is 52.7 Å². The van der Waals surface area contributed by atoms with Gasteiger partial charge in [0.1, 0.15) is 11.0 Å². The van der Waals surface area contributed by atoms with Crippen LogP contribution in [-0.4, -0.2) is 19.3 Å². The Hall–Kier alpha value is -2.13. The van der Waals surface area contributed by atoms with Crippen LogP contribution in [0.4, 0.5) is 10.8 Å². The maximum atomic E-state index is 11.2. The van der Waals surface area contributed by atoms with E-state index in [0.717, 1.165) is 33.2 Å². The zero-order valence-corrected chi connectivity index (χ0v) is 15.4. The second-order valence-electron chi connectivity index (χ2n) is 5.53. The molecule has 0 bridgehead atoms. The van der Waals surface area contributed by atoms with E-state index in [1.807, 2.05) is 26.0 Å². The molecule has 1 aromatic carbocycles. The number of rotatable bonds is 5. The molecule has 0 saturated carbocycles. The molecule has 0 aliphatic rings. The first kappa shape index (κ1) is 17.7. The highest BCUT2D eigenvalue weighted by Crippen LogP contribution is 2.33. The minimum atomic E-state index is -1.49. The van der Waals surface area contributed by atoms with Gasteiger partial charge in [-0.25, -0.2) is 14.3 Å². The fourth-order valence-corrected chi connectivity index (χ4v) is 3.77. The molecule has 0 spiro atoms. The standard InChI is InChI=1S/C17H18N4O2S2/c1-10-7-12(8-11(2)19-10)16-15(9-22)24-17(21-16)20-13-3-5-14(6-4-13)25(18)23/h3-8,22H,9,18H2,1-2H3,(H,20,21). The van der Waals surface area contributed by atoms with Gasteiger partial charge in [-0.2, -0.15) is 0 Å². The van der Waals surface area contributed by atoms with E-state index in [9.17, 15) is 9.32 Å². The van der Waals surface area contributed by atoms with Crippen molar-refractivity contribution in [3.63, 3.8) is 0 Å². The number of aliphatic hydroxyl groups excluding tert-OH is 1. The van der Waals surface area contributed by atoms with Gasteiger partial charge in [0.2, 0.25) is 0 Å². The molecule has 3 aromatic rings. The highest BCUT2D eigenvalue weighted by Gasteiger charge is 2.14. The highest BCUT2D eigenvalue weighted by atomic mass is 32.2. The third-order valence-electron chi connectivity index (χ3n) is 3.53. The Morgan fingerprint density at radius 2 is 1.80 bits per heavy atom. The molecule has 0 fully saturated rings. The van der Waals surface area contributed by atoms with Crippen molar-refractivity contribution in [2.45, 2.75) is 25.3 Å². The number of hydrogen-bond donors (Lipinski definition) is 3. The van der Waals surface area contributed by atoms with Gasteiger partial charge in [-0.3, -0.25) is 4.98 Å². The second-order valence-corrected chi connectivity index (χ2v) is 7.68. The lowest BCUT2D eigenvalue weighted by molar-refractivity contribution is 0.286. The minimum Gasteiger partial charge on any atom is -0.391 e. The molecule has 0 saturated heterocycles. The number of benzene rings is 1. The number of anilines is 2. The van der Waals surface area contributed by atoms with Gasteiger partial charge < -0.3 is 10.4 Å². The van der Waals surface area contributed by atoms with E-state index in [4.69, 9.17) is 5.14 Å². The molecular formula is C17H18N4O2S2. The zero-order valence-electron chi connectivity index (χ0n) is 13.8. The van der Waals surface area contributed by atoms with Crippen LogP contribution in [0.2, 0.25) is 0 Å². The van der Waals surface area contributed by atoms with Crippen molar-refractivity contribution in [2.75, 3.05) is 5.32 Å². The van der Waals surface area contributed by atoms with Gasteiger partial charge >= 0.3 is 0 Å². The number of hydrogen-bond acceptors (Lipinski definition) is 6. The summed E-state index contributed by atoms with van der Waals surface area (Å²) >= 11 is 1.39. The predicted molar refractivity (Wildman–Crippen MR) is 101 cm³/mol. The molecule has 130 valence electrons. The first-order valence-corrected chi connectivity index (χ1v) is 9.58. The van der Waals surface area contributed by atoms with Crippen molar-refractivity contribution in [2.24, 2.45) is 5.14 Å². The van der Waals surface area contributed by atoms with E-state index in [-0.39, 0.29) is 6.61 Å². The minimum absolute atomic E-state index is 0.0831. The first-order chi connectivity index (χ1) is 12.0. The summed E-state index contributed by atoms with van der Waals surface area (Å²) in [5.74, 6) is 0. The largest absolute Gasteiger partial charge is 0.391 e. The quantitative estimate of drug-likeness (QED) is 0.637. The number of aromatic nitrogens is 2. The molecule has 2 aromatic heterocycles. The summed E-state index contributed by atoms with van der Waals surface area (Å²) in [6.07, 6.45) is 0. The van der Waals surface area contributed by atoms with Gasteiger partial charge in [0.15, 0.2) is 5.13 Å². The van der Waals surface area contributed by atoms with Gasteiger partial charge in [0.25, 0.3) is 0 Å². The third kappa shape index (κ3) is 4.10. The van der Waals surface area contributed by atoms with E-state index >= 15 is 0 Å². The van der Waals surface area contributed by atoms with E-state index in [1.165, 1.54) is 11.3 Å². The fraction of sp³-hybridized carbons (Fsp3) is 0.176. The smallest absolute Gasteiger partial charge is 0.188 e. The number of nitrogens with zero attached hydrogens (tertiary/aromatic N) is 2. The molecule has 8 heteroatoms. The van der Waals surface area contributed by atoms with Crippen LogP contribution < -0.4 is 10.5 Å². The van der Waals surface area contributed by atoms with Crippen LogP contribution in [0.15, 0.2) is 41.3 Å². The maximum absolute atomic E-state index is 11.2. The number of pyridine rings is 1. The molecule has 3 rings (SSSR count). The van der Waals surface area contributed by atoms with Crippen LogP contribution in [0.25, 0.3) is 11.3 Å². The molecule has 2 heterocycles. The number of nitrogens with one attached hydrogen (secondary N) is 1. The van der Waals surface area contributed by atoms with Crippen LogP contribution in [0.1, 0.15) is 16.3 Å². The Labute approximate surface area is 152 Å². The Morgan fingerprint density at radius 1 is 1.16 bits per heavy atom. The highest BCUT2D eigenvalue weighted by molar-refractivity contribution is 7.82. The Bertz CT molecular complexity index is 903. The molecule has 4 N–H and O–H groups in total.